The van der Waals surface area contributed by atoms with Crippen LogP contribution in [0.15, 0.2) is 42.7 Å². The van der Waals surface area contributed by atoms with Crippen molar-refractivity contribution in [1.82, 2.24) is 9.97 Å². The van der Waals surface area contributed by atoms with Crippen molar-refractivity contribution < 1.29 is 9.90 Å². The molecule has 1 aliphatic carbocycles. The maximum absolute atomic E-state index is 11.8. The maximum atomic E-state index is 11.8. The van der Waals surface area contributed by atoms with E-state index in [2.05, 4.69) is 9.97 Å². The van der Waals surface area contributed by atoms with Crippen LogP contribution >= 0.6 is 0 Å². The van der Waals surface area contributed by atoms with Gasteiger partial charge in [-0.3, -0.25) is 4.79 Å². The van der Waals surface area contributed by atoms with Gasteiger partial charge in [-0.15, -0.1) is 0 Å². The molecule has 4 heteroatoms. The van der Waals surface area contributed by atoms with Gasteiger partial charge in [-0.05, 0) is 30.0 Å². The molecule has 3 rings (SSSR count). The molecule has 1 unspecified atom stereocenters. The summed E-state index contributed by atoms with van der Waals surface area (Å²) >= 11 is 0. The van der Waals surface area contributed by atoms with Crippen LogP contribution in [0.4, 0.5) is 0 Å². The number of hydrogen-bond donors (Lipinski definition) is 1. The Morgan fingerprint density at radius 3 is 2.68 bits per heavy atom. The summed E-state index contributed by atoms with van der Waals surface area (Å²) in [5, 5.41) is 9.72. The van der Waals surface area contributed by atoms with Crippen molar-refractivity contribution in [2.75, 3.05) is 0 Å². The standard InChI is InChI=1S/C15H14N2O2/c18-14(19)15(10-13-16-8-3-9-17-13)7-6-11-4-1-2-5-12(11)15/h1-5,8-9H,6-7,10H2,(H,18,19). The van der Waals surface area contributed by atoms with E-state index in [-0.39, 0.29) is 0 Å². The van der Waals surface area contributed by atoms with Gasteiger partial charge in [0, 0.05) is 18.8 Å². The molecule has 0 fully saturated rings. The van der Waals surface area contributed by atoms with E-state index in [0.29, 0.717) is 18.7 Å². The molecule has 1 N–H and O–H groups in total. The van der Waals surface area contributed by atoms with Crippen LogP contribution in [0.25, 0.3) is 0 Å². The zero-order valence-corrected chi connectivity index (χ0v) is 10.4. The van der Waals surface area contributed by atoms with E-state index in [1.807, 2.05) is 24.3 Å². The molecular weight excluding hydrogens is 240 g/mol. The molecule has 1 heterocycles. The summed E-state index contributed by atoms with van der Waals surface area (Å²) in [4.78, 5) is 20.2. The van der Waals surface area contributed by atoms with Gasteiger partial charge in [-0.25, -0.2) is 9.97 Å². The lowest BCUT2D eigenvalue weighted by molar-refractivity contribution is -0.143. The molecule has 19 heavy (non-hydrogen) atoms. The monoisotopic (exact) mass is 254 g/mol. The fraction of sp³-hybridized carbons (Fsp3) is 0.267. The minimum absolute atomic E-state index is 0.347. The van der Waals surface area contributed by atoms with Crippen LogP contribution in [0.2, 0.25) is 0 Å². The van der Waals surface area contributed by atoms with Crippen molar-refractivity contribution in [3.8, 4) is 0 Å². The number of carboxylic acids is 1. The van der Waals surface area contributed by atoms with E-state index in [0.717, 1.165) is 17.5 Å². The Hall–Kier alpha value is -2.23. The van der Waals surface area contributed by atoms with Gasteiger partial charge < -0.3 is 5.11 Å². The van der Waals surface area contributed by atoms with E-state index < -0.39 is 11.4 Å². The summed E-state index contributed by atoms with van der Waals surface area (Å²) < 4.78 is 0. The molecule has 0 radical (unpaired) electrons. The first-order valence-electron chi connectivity index (χ1n) is 6.30. The maximum Gasteiger partial charge on any atom is 0.314 e. The number of rotatable bonds is 3. The average molecular weight is 254 g/mol. The molecule has 1 atom stereocenters. The van der Waals surface area contributed by atoms with Crippen LogP contribution in [0, 0.1) is 0 Å². The zero-order chi connectivity index (χ0) is 13.3. The first kappa shape index (κ1) is 11.8. The Morgan fingerprint density at radius 1 is 1.21 bits per heavy atom. The summed E-state index contributed by atoms with van der Waals surface area (Å²) in [6.45, 7) is 0. The van der Waals surface area contributed by atoms with Crippen molar-refractivity contribution >= 4 is 5.97 Å². The second-order valence-electron chi connectivity index (χ2n) is 4.89. The lowest BCUT2D eigenvalue weighted by Gasteiger charge is -2.24. The molecular formula is C15H14N2O2. The number of aliphatic carboxylic acids is 1. The van der Waals surface area contributed by atoms with Crippen LogP contribution in [0.5, 0.6) is 0 Å². The Labute approximate surface area is 111 Å². The molecule has 0 aliphatic heterocycles. The van der Waals surface area contributed by atoms with Gasteiger partial charge >= 0.3 is 5.97 Å². The van der Waals surface area contributed by atoms with Gasteiger partial charge in [0.15, 0.2) is 0 Å². The molecule has 0 amide bonds. The molecule has 0 bridgehead atoms. The number of aromatic nitrogens is 2. The normalized spacial score (nSPS) is 21.1. The number of aryl methyl sites for hydroxylation is 1. The Morgan fingerprint density at radius 2 is 1.95 bits per heavy atom. The lowest BCUT2D eigenvalue weighted by atomic mass is 9.78. The number of benzene rings is 1. The number of carboxylic acid groups (broad SMARTS) is 1. The molecule has 0 saturated heterocycles. The van der Waals surface area contributed by atoms with E-state index in [9.17, 15) is 9.90 Å². The predicted octanol–water partition coefficient (Wildman–Crippen LogP) is 1.99. The summed E-state index contributed by atoms with van der Waals surface area (Å²) in [7, 11) is 0. The molecule has 4 nitrogen and oxygen atoms in total. The van der Waals surface area contributed by atoms with Crippen molar-refractivity contribution in [2.24, 2.45) is 0 Å². The van der Waals surface area contributed by atoms with Crippen molar-refractivity contribution in [2.45, 2.75) is 24.7 Å². The third-order valence-electron chi connectivity index (χ3n) is 3.84. The van der Waals surface area contributed by atoms with Crippen LogP contribution in [-0.4, -0.2) is 21.0 Å². The van der Waals surface area contributed by atoms with E-state index in [1.54, 1.807) is 18.5 Å². The summed E-state index contributed by atoms with van der Waals surface area (Å²) in [6, 6.07) is 9.51. The van der Waals surface area contributed by atoms with Crippen LogP contribution < -0.4 is 0 Å². The van der Waals surface area contributed by atoms with Crippen molar-refractivity contribution in [3.05, 3.63) is 59.7 Å². The molecule has 96 valence electrons. The highest BCUT2D eigenvalue weighted by Gasteiger charge is 2.46. The zero-order valence-electron chi connectivity index (χ0n) is 10.4. The third-order valence-corrected chi connectivity index (χ3v) is 3.84. The smallest absolute Gasteiger partial charge is 0.314 e. The number of carbonyl (C=O) groups is 1. The minimum atomic E-state index is -0.877. The molecule has 1 aliphatic rings. The summed E-state index contributed by atoms with van der Waals surface area (Å²) in [6.07, 6.45) is 5.06. The van der Waals surface area contributed by atoms with E-state index >= 15 is 0 Å². The highest BCUT2D eigenvalue weighted by Crippen LogP contribution is 2.41. The predicted molar refractivity (Wildman–Crippen MR) is 69.8 cm³/mol. The van der Waals surface area contributed by atoms with E-state index in [4.69, 9.17) is 0 Å². The van der Waals surface area contributed by atoms with Crippen molar-refractivity contribution in [3.63, 3.8) is 0 Å². The third kappa shape index (κ3) is 1.89. The number of fused-ring (bicyclic) bond motifs is 1. The second-order valence-corrected chi connectivity index (χ2v) is 4.89. The SMILES string of the molecule is O=C(O)C1(Cc2ncccn2)CCc2ccccc21. The summed E-state index contributed by atoms with van der Waals surface area (Å²) in [5.41, 5.74) is 1.16. The van der Waals surface area contributed by atoms with Gasteiger partial charge in [0.2, 0.25) is 0 Å². The second kappa shape index (κ2) is 4.46. The van der Waals surface area contributed by atoms with Gasteiger partial charge in [-0.2, -0.15) is 0 Å². The van der Waals surface area contributed by atoms with Gasteiger partial charge in [0.05, 0.1) is 0 Å². The van der Waals surface area contributed by atoms with Crippen molar-refractivity contribution in [1.29, 1.82) is 0 Å². The minimum Gasteiger partial charge on any atom is -0.481 e. The Kier molecular flexibility index (Phi) is 2.78. The van der Waals surface area contributed by atoms with Crippen LogP contribution in [0.3, 0.4) is 0 Å². The lowest BCUT2D eigenvalue weighted by Crippen LogP contribution is -2.36. The molecule has 1 aromatic carbocycles. The van der Waals surface area contributed by atoms with E-state index in [1.165, 1.54) is 0 Å². The number of nitrogens with zero attached hydrogens (tertiary/aromatic N) is 2. The quantitative estimate of drug-likeness (QED) is 0.909. The van der Waals surface area contributed by atoms with Crippen LogP contribution in [-0.2, 0) is 23.1 Å². The largest absolute Gasteiger partial charge is 0.481 e. The highest BCUT2D eigenvalue weighted by molar-refractivity contribution is 5.83. The first-order valence-corrected chi connectivity index (χ1v) is 6.30. The van der Waals surface area contributed by atoms with Gasteiger partial charge in [-0.1, -0.05) is 24.3 Å². The van der Waals surface area contributed by atoms with Crippen LogP contribution in [0.1, 0.15) is 23.4 Å². The molecule has 1 aromatic heterocycles. The molecule has 0 spiro atoms. The first-order chi connectivity index (χ1) is 9.22. The molecule has 0 saturated carbocycles. The Balaban J connectivity index is 2.05. The highest BCUT2D eigenvalue weighted by atomic mass is 16.4. The summed E-state index contributed by atoms with van der Waals surface area (Å²) in [5.74, 6) is -0.202. The topological polar surface area (TPSA) is 63.1 Å². The van der Waals surface area contributed by atoms with Gasteiger partial charge in [0.1, 0.15) is 11.2 Å². The fourth-order valence-corrected chi connectivity index (χ4v) is 2.86. The molecule has 2 aromatic rings. The average Bonchev–Trinajstić information content (AvgIpc) is 2.81. The van der Waals surface area contributed by atoms with Gasteiger partial charge in [0.25, 0.3) is 0 Å². The fourth-order valence-electron chi connectivity index (χ4n) is 2.86. The Bertz CT molecular complexity index is 613. The number of hydrogen-bond acceptors (Lipinski definition) is 3.